The first-order valence-corrected chi connectivity index (χ1v) is 11.9. The van der Waals surface area contributed by atoms with Gasteiger partial charge in [0.25, 0.3) is 11.8 Å². The fourth-order valence-electron chi connectivity index (χ4n) is 3.00. The molecule has 0 unspecified atom stereocenters. The van der Waals surface area contributed by atoms with Gasteiger partial charge in [0, 0.05) is 18.7 Å². The molecule has 0 heterocycles. The van der Waals surface area contributed by atoms with Crippen molar-refractivity contribution in [2.45, 2.75) is 18.7 Å². The zero-order valence-electron chi connectivity index (χ0n) is 18.1. The highest BCUT2D eigenvalue weighted by Crippen LogP contribution is 2.22. The quantitative estimate of drug-likeness (QED) is 0.371. The lowest BCUT2D eigenvalue weighted by Gasteiger charge is -2.11. The summed E-state index contributed by atoms with van der Waals surface area (Å²) in [6, 6.07) is 17.5. The number of rotatable bonds is 8. The second-order valence-electron chi connectivity index (χ2n) is 7.32. The molecule has 172 valence electrons. The molecule has 0 aliphatic carbocycles. The van der Waals surface area contributed by atoms with Gasteiger partial charge in [0.05, 0.1) is 10.6 Å². The van der Waals surface area contributed by atoms with Crippen LogP contribution in [0.1, 0.15) is 31.8 Å². The van der Waals surface area contributed by atoms with Crippen LogP contribution < -0.4 is 14.8 Å². The monoisotopic (exact) mass is 486 g/mol. The van der Waals surface area contributed by atoms with Crippen LogP contribution in [0.15, 0.2) is 71.6 Å². The largest absolute Gasteiger partial charge is 0.379 e. The topological polar surface area (TPSA) is 102 Å². The third-order valence-electron chi connectivity index (χ3n) is 4.75. The van der Waals surface area contributed by atoms with Gasteiger partial charge in [0.1, 0.15) is 10.6 Å². The van der Waals surface area contributed by atoms with E-state index in [4.69, 9.17) is 15.8 Å². The van der Waals surface area contributed by atoms with Crippen LogP contribution in [-0.2, 0) is 10.1 Å². The van der Waals surface area contributed by atoms with Crippen molar-refractivity contribution in [3.8, 4) is 5.75 Å². The summed E-state index contributed by atoms with van der Waals surface area (Å²) < 4.78 is 30.4. The number of benzene rings is 3. The number of hydrogen-bond acceptors (Lipinski definition) is 5. The maximum atomic E-state index is 12.6. The molecular formula is C24H23ClN2O5S. The van der Waals surface area contributed by atoms with Gasteiger partial charge in [-0.25, -0.2) is 0 Å². The number of aryl methyl sites for hydroxylation is 2. The van der Waals surface area contributed by atoms with Crippen LogP contribution in [0, 0.1) is 13.8 Å². The van der Waals surface area contributed by atoms with Crippen LogP contribution in [0.2, 0.25) is 5.02 Å². The molecular weight excluding hydrogens is 464 g/mol. The van der Waals surface area contributed by atoms with Crippen molar-refractivity contribution in [3.05, 3.63) is 94.0 Å². The van der Waals surface area contributed by atoms with Crippen LogP contribution in [-0.4, -0.2) is 33.3 Å². The summed E-state index contributed by atoms with van der Waals surface area (Å²) in [5.41, 5.74) is 2.07. The zero-order chi connectivity index (χ0) is 24.0. The van der Waals surface area contributed by atoms with E-state index < -0.39 is 10.1 Å². The molecule has 0 radical (unpaired) electrons. The maximum absolute atomic E-state index is 12.6. The van der Waals surface area contributed by atoms with Crippen LogP contribution in [0.3, 0.4) is 0 Å². The van der Waals surface area contributed by atoms with Gasteiger partial charge in [-0.1, -0.05) is 35.9 Å². The average Bonchev–Trinajstić information content (AvgIpc) is 2.78. The smallest absolute Gasteiger partial charge is 0.339 e. The van der Waals surface area contributed by atoms with E-state index >= 15 is 0 Å². The Kier molecular flexibility index (Phi) is 7.73. The van der Waals surface area contributed by atoms with Crippen molar-refractivity contribution in [1.29, 1.82) is 0 Å². The van der Waals surface area contributed by atoms with Gasteiger partial charge in [-0.15, -0.1) is 0 Å². The molecule has 9 heteroatoms. The van der Waals surface area contributed by atoms with Gasteiger partial charge in [-0.05, 0) is 67.4 Å². The molecule has 2 N–H and O–H groups in total. The Morgan fingerprint density at radius 1 is 0.879 bits per heavy atom. The Bertz CT molecular complexity index is 1270. The van der Waals surface area contributed by atoms with E-state index in [0.29, 0.717) is 21.7 Å². The molecule has 33 heavy (non-hydrogen) atoms. The third kappa shape index (κ3) is 6.34. The predicted molar refractivity (Wildman–Crippen MR) is 126 cm³/mol. The standard InChI is InChI=1S/C24H23ClN2O5S/c1-16-7-8-17(2)22(15-16)33(30,31)32-19-11-9-18(10-12-19)23(28)26-13-14-27-24(29)20-5-3-4-6-21(20)25/h3-12,15H,13-14H2,1-2H3,(H,26,28)(H,27,29). The first kappa shape index (κ1) is 24.3. The third-order valence-corrected chi connectivity index (χ3v) is 6.47. The molecule has 3 rings (SSSR count). The molecule has 0 fully saturated rings. The van der Waals surface area contributed by atoms with Gasteiger partial charge in [0.15, 0.2) is 0 Å². The van der Waals surface area contributed by atoms with E-state index in [-0.39, 0.29) is 35.5 Å². The molecule has 0 aliphatic rings. The van der Waals surface area contributed by atoms with Crippen LogP contribution in [0.4, 0.5) is 0 Å². The highest BCUT2D eigenvalue weighted by molar-refractivity contribution is 7.87. The Morgan fingerprint density at radius 2 is 1.52 bits per heavy atom. The molecule has 0 aliphatic heterocycles. The lowest BCUT2D eigenvalue weighted by Crippen LogP contribution is -2.34. The van der Waals surface area contributed by atoms with E-state index in [1.165, 1.54) is 24.3 Å². The summed E-state index contributed by atoms with van der Waals surface area (Å²) in [4.78, 5) is 24.5. The molecule has 3 aromatic rings. The minimum atomic E-state index is -4.00. The first-order chi connectivity index (χ1) is 15.7. The van der Waals surface area contributed by atoms with E-state index in [2.05, 4.69) is 10.6 Å². The maximum Gasteiger partial charge on any atom is 0.339 e. The Balaban J connectivity index is 1.53. The predicted octanol–water partition coefficient (Wildman–Crippen LogP) is 3.88. The zero-order valence-corrected chi connectivity index (χ0v) is 19.7. The first-order valence-electron chi connectivity index (χ1n) is 10.1. The van der Waals surface area contributed by atoms with Crippen molar-refractivity contribution in [1.82, 2.24) is 10.6 Å². The van der Waals surface area contributed by atoms with Gasteiger partial charge < -0.3 is 14.8 Å². The highest BCUT2D eigenvalue weighted by atomic mass is 35.5. The second-order valence-corrected chi connectivity index (χ2v) is 9.24. The van der Waals surface area contributed by atoms with Crippen LogP contribution in [0.25, 0.3) is 0 Å². The molecule has 0 bridgehead atoms. The van der Waals surface area contributed by atoms with Crippen molar-refractivity contribution < 1.29 is 22.2 Å². The van der Waals surface area contributed by atoms with Gasteiger partial charge in [-0.2, -0.15) is 8.42 Å². The van der Waals surface area contributed by atoms with Crippen molar-refractivity contribution >= 4 is 33.5 Å². The molecule has 3 aromatic carbocycles. The number of carbonyl (C=O) groups excluding carboxylic acids is 2. The van der Waals surface area contributed by atoms with E-state index in [1.54, 1.807) is 50.2 Å². The van der Waals surface area contributed by atoms with Crippen molar-refractivity contribution in [2.24, 2.45) is 0 Å². The van der Waals surface area contributed by atoms with E-state index in [1.807, 2.05) is 6.07 Å². The van der Waals surface area contributed by atoms with Gasteiger partial charge in [0.2, 0.25) is 0 Å². The van der Waals surface area contributed by atoms with Crippen molar-refractivity contribution in [2.75, 3.05) is 13.1 Å². The van der Waals surface area contributed by atoms with Crippen molar-refractivity contribution in [3.63, 3.8) is 0 Å². The molecule has 0 saturated carbocycles. The summed E-state index contributed by atoms with van der Waals surface area (Å²) >= 11 is 5.99. The summed E-state index contributed by atoms with van der Waals surface area (Å²) in [5, 5.41) is 5.71. The van der Waals surface area contributed by atoms with E-state index in [9.17, 15) is 18.0 Å². The molecule has 2 amide bonds. The Hall–Kier alpha value is -3.36. The average molecular weight is 487 g/mol. The molecule has 0 saturated heterocycles. The molecule has 0 aromatic heterocycles. The summed E-state index contributed by atoms with van der Waals surface area (Å²) in [5.74, 6) is -0.605. The Morgan fingerprint density at radius 3 is 2.18 bits per heavy atom. The lowest BCUT2D eigenvalue weighted by molar-refractivity contribution is 0.0927. The minimum absolute atomic E-state index is 0.0967. The molecule has 0 spiro atoms. The van der Waals surface area contributed by atoms with Gasteiger partial charge in [-0.3, -0.25) is 9.59 Å². The Labute approximate surface area is 197 Å². The fourth-order valence-corrected chi connectivity index (χ4v) is 4.47. The van der Waals surface area contributed by atoms with E-state index in [0.717, 1.165) is 5.56 Å². The lowest BCUT2D eigenvalue weighted by atomic mass is 10.2. The minimum Gasteiger partial charge on any atom is -0.379 e. The number of carbonyl (C=O) groups is 2. The number of nitrogens with one attached hydrogen (secondary N) is 2. The summed E-state index contributed by atoms with van der Waals surface area (Å²) in [6.07, 6.45) is 0. The number of amides is 2. The molecule has 0 atom stereocenters. The highest BCUT2D eigenvalue weighted by Gasteiger charge is 2.20. The summed E-state index contributed by atoms with van der Waals surface area (Å²) in [7, 11) is -4.00. The normalized spacial score (nSPS) is 11.0. The SMILES string of the molecule is Cc1ccc(C)c(S(=O)(=O)Oc2ccc(C(=O)NCCNC(=O)c3ccccc3Cl)cc2)c1. The molecule has 7 nitrogen and oxygen atoms in total. The van der Waals surface area contributed by atoms with Crippen LogP contribution in [0.5, 0.6) is 5.75 Å². The number of halogens is 1. The second kappa shape index (κ2) is 10.5. The number of hydrogen-bond donors (Lipinski definition) is 2. The van der Waals surface area contributed by atoms with Crippen LogP contribution >= 0.6 is 11.6 Å². The fraction of sp³-hybridized carbons (Fsp3) is 0.167. The van der Waals surface area contributed by atoms with Gasteiger partial charge >= 0.3 is 10.1 Å². The summed E-state index contributed by atoms with van der Waals surface area (Å²) in [6.45, 7) is 3.91.